The summed E-state index contributed by atoms with van der Waals surface area (Å²) in [5.41, 5.74) is 6.82. The third-order valence-electron chi connectivity index (χ3n) is 4.08. The molecule has 2 rings (SSSR count). The Hall–Kier alpha value is -1.63. The van der Waals surface area contributed by atoms with E-state index in [0.29, 0.717) is 11.4 Å². The fourth-order valence-electron chi connectivity index (χ4n) is 2.09. The van der Waals surface area contributed by atoms with Crippen LogP contribution >= 0.6 is 23.7 Å². The van der Waals surface area contributed by atoms with Crippen molar-refractivity contribution in [1.82, 2.24) is 10.3 Å². The second-order valence-corrected chi connectivity index (χ2v) is 6.54. The molecule has 7 heteroatoms. The number of nitrogens with zero attached hydrogens (tertiary/aromatic N) is 1. The Morgan fingerprint density at radius 2 is 1.92 bits per heavy atom. The maximum atomic E-state index is 12.3. The number of ether oxygens (including phenoxy) is 1. The van der Waals surface area contributed by atoms with Crippen molar-refractivity contribution in [1.29, 1.82) is 0 Å². The average molecular weight is 370 g/mol. The van der Waals surface area contributed by atoms with Crippen molar-refractivity contribution in [3.8, 4) is 16.3 Å². The van der Waals surface area contributed by atoms with Gasteiger partial charge in [-0.05, 0) is 37.1 Å². The maximum Gasteiger partial charge on any atom is 0.263 e. The molecule has 1 aromatic carbocycles. The van der Waals surface area contributed by atoms with Crippen LogP contribution in [0.4, 0.5) is 0 Å². The molecule has 3 N–H and O–H groups in total. The predicted octanol–water partition coefficient (Wildman–Crippen LogP) is 3.49. The van der Waals surface area contributed by atoms with Crippen LogP contribution in [0.2, 0.25) is 0 Å². The summed E-state index contributed by atoms with van der Waals surface area (Å²) in [5.74, 6) is 0.667. The molecule has 0 spiro atoms. The number of hydrogen-bond acceptors (Lipinski definition) is 5. The van der Waals surface area contributed by atoms with Crippen LogP contribution in [0.25, 0.3) is 10.6 Å². The van der Waals surface area contributed by atoms with Crippen molar-refractivity contribution in [2.75, 3.05) is 13.7 Å². The Bertz CT molecular complexity index is 654. The number of aromatic nitrogens is 1. The minimum Gasteiger partial charge on any atom is -0.497 e. The highest BCUT2D eigenvalue weighted by Crippen LogP contribution is 2.26. The highest BCUT2D eigenvalue weighted by atomic mass is 35.5. The van der Waals surface area contributed by atoms with Gasteiger partial charge in [-0.2, -0.15) is 0 Å². The van der Waals surface area contributed by atoms with Gasteiger partial charge in [-0.15, -0.1) is 23.7 Å². The van der Waals surface area contributed by atoms with E-state index in [1.54, 1.807) is 13.3 Å². The van der Waals surface area contributed by atoms with E-state index in [9.17, 15) is 4.79 Å². The van der Waals surface area contributed by atoms with Gasteiger partial charge in [0.05, 0.1) is 13.3 Å². The van der Waals surface area contributed by atoms with Gasteiger partial charge in [-0.25, -0.2) is 4.98 Å². The number of carbonyl (C=O) groups is 1. The number of nitrogens with one attached hydrogen (secondary N) is 1. The second-order valence-electron chi connectivity index (χ2n) is 5.51. The van der Waals surface area contributed by atoms with Crippen LogP contribution in [0, 0.1) is 0 Å². The van der Waals surface area contributed by atoms with E-state index in [4.69, 9.17) is 10.5 Å². The topological polar surface area (TPSA) is 77.2 Å². The van der Waals surface area contributed by atoms with Crippen LogP contribution in [0.3, 0.4) is 0 Å². The number of nitrogens with two attached hydrogens (primary N) is 1. The molecule has 1 heterocycles. The molecule has 0 unspecified atom stereocenters. The molecule has 0 bridgehead atoms. The summed E-state index contributed by atoms with van der Waals surface area (Å²) >= 11 is 1.37. The van der Waals surface area contributed by atoms with Crippen molar-refractivity contribution in [2.45, 2.75) is 32.2 Å². The molecule has 0 aliphatic rings. The molecule has 2 aromatic rings. The van der Waals surface area contributed by atoms with Crippen LogP contribution in [0.15, 0.2) is 30.5 Å². The summed E-state index contributed by atoms with van der Waals surface area (Å²) < 4.78 is 5.14. The molecular weight excluding hydrogens is 346 g/mol. The van der Waals surface area contributed by atoms with Crippen molar-refractivity contribution >= 4 is 29.7 Å². The summed E-state index contributed by atoms with van der Waals surface area (Å²) in [6.07, 6.45) is 3.25. The third kappa shape index (κ3) is 4.93. The van der Waals surface area contributed by atoms with Crippen LogP contribution in [0.5, 0.6) is 5.75 Å². The van der Waals surface area contributed by atoms with Crippen molar-refractivity contribution in [3.05, 3.63) is 35.3 Å². The van der Waals surface area contributed by atoms with Crippen molar-refractivity contribution < 1.29 is 9.53 Å². The zero-order chi connectivity index (χ0) is 16.9. The normalized spacial score (nSPS) is 10.8. The van der Waals surface area contributed by atoms with Gasteiger partial charge in [0, 0.05) is 17.6 Å². The number of hydrogen-bond donors (Lipinski definition) is 2. The molecule has 0 aliphatic heterocycles. The summed E-state index contributed by atoms with van der Waals surface area (Å²) in [6, 6.07) is 7.61. The van der Waals surface area contributed by atoms with Gasteiger partial charge in [-0.1, -0.05) is 13.8 Å². The zero-order valence-corrected chi connectivity index (χ0v) is 15.8. The van der Waals surface area contributed by atoms with Gasteiger partial charge in [-0.3, -0.25) is 4.79 Å². The molecule has 1 amide bonds. The number of halogens is 1. The van der Waals surface area contributed by atoms with E-state index in [-0.39, 0.29) is 23.9 Å². The average Bonchev–Trinajstić information content (AvgIpc) is 3.09. The van der Waals surface area contributed by atoms with Gasteiger partial charge < -0.3 is 15.8 Å². The molecule has 0 fully saturated rings. The highest BCUT2D eigenvalue weighted by Gasteiger charge is 2.22. The quantitative estimate of drug-likeness (QED) is 0.783. The molecule has 0 saturated carbocycles. The predicted molar refractivity (Wildman–Crippen MR) is 101 cm³/mol. The Balaban J connectivity index is 0.00000288. The SMILES string of the molecule is CCC(N)(CC)CNC(=O)c1cnc(-c2ccc(OC)cc2)s1.Cl. The lowest BCUT2D eigenvalue weighted by molar-refractivity contribution is 0.0946. The highest BCUT2D eigenvalue weighted by molar-refractivity contribution is 7.16. The number of methoxy groups -OCH3 is 1. The molecular formula is C17H24ClN3O2S. The van der Waals surface area contributed by atoms with Crippen molar-refractivity contribution in [2.24, 2.45) is 5.73 Å². The Morgan fingerprint density at radius 3 is 2.46 bits per heavy atom. The zero-order valence-electron chi connectivity index (χ0n) is 14.2. The number of rotatable bonds is 7. The minimum atomic E-state index is -0.348. The first kappa shape index (κ1) is 20.4. The molecule has 0 saturated heterocycles. The van der Waals surface area contributed by atoms with E-state index >= 15 is 0 Å². The summed E-state index contributed by atoms with van der Waals surface area (Å²) in [7, 11) is 1.63. The molecule has 0 atom stereocenters. The lowest BCUT2D eigenvalue weighted by atomic mass is 9.94. The number of amides is 1. The lowest BCUT2D eigenvalue weighted by Crippen LogP contribution is -2.49. The number of thiazole rings is 1. The van der Waals surface area contributed by atoms with Crippen LogP contribution in [0.1, 0.15) is 36.4 Å². The Morgan fingerprint density at radius 1 is 1.29 bits per heavy atom. The standard InChI is InChI=1S/C17H23N3O2S.ClH/c1-4-17(18,5-2)11-20-15(21)14-10-19-16(23-14)12-6-8-13(22-3)9-7-12;/h6-10H,4-5,11,18H2,1-3H3,(H,20,21);1H. The first-order valence-electron chi connectivity index (χ1n) is 7.68. The molecule has 1 aromatic heterocycles. The molecule has 132 valence electrons. The Labute approximate surface area is 153 Å². The maximum absolute atomic E-state index is 12.3. The monoisotopic (exact) mass is 369 g/mol. The first-order valence-corrected chi connectivity index (χ1v) is 8.50. The smallest absolute Gasteiger partial charge is 0.263 e. The minimum absolute atomic E-state index is 0. The largest absolute Gasteiger partial charge is 0.497 e. The van der Waals surface area contributed by atoms with E-state index in [0.717, 1.165) is 29.2 Å². The molecule has 0 radical (unpaired) electrons. The van der Waals surface area contributed by atoms with Crippen LogP contribution in [-0.2, 0) is 0 Å². The fourth-order valence-corrected chi connectivity index (χ4v) is 2.93. The van der Waals surface area contributed by atoms with E-state index in [1.807, 2.05) is 38.1 Å². The van der Waals surface area contributed by atoms with E-state index in [1.165, 1.54) is 11.3 Å². The van der Waals surface area contributed by atoms with Crippen LogP contribution in [-0.4, -0.2) is 30.1 Å². The third-order valence-corrected chi connectivity index (χ3v) is 5.12. The number of carbonyl (C=O) groups excluding carboxylic acids is 1. The summed E-state index contributed by atoms with van der Waals surface area (Å²) in [5, 5.41) is 3.72. The van der Waals surface area contributed by atoms with Gasteiger partial charge in [0.2, 0.25) is 0 Å². The lowest BCUT2D eigenvalue weighted by Gasteiger charge is -2.26. The van der Waals surface area contributed by atoms with Gasteiger partial charge in [0.1, 0.15) is 15.6 Å². The van der Waals surface area contributed by atoms with E-state index in [2.05, 4.69) is 10.3 Å². The summed E-state index contributed by atoms with van der Waals surface area (Å²) in [6.45, 7) is 4.53. The van der Waals surface area contributed by atoms with Crippen LogP contribution < -0.4 is 15.8 Å². The molecule has 0 aliphatic carbocycles. The molecule has 5 nitrogen and oxygen atoms in total. The fraction of sp³-hybridized carbons (Fsp3) is 0.412. The first-order chi connectivity index (χ1) is 11.0. The van der Waals surface area contributed by atoms with Gasteiger partial charge >= 0.3 is 0 Å². The Kier molecular flexibility index (Phi) is 7.66. The van der Waals surface area contributed by atoms with Crippen molar-refractivity contribution in [3.63, 3.8) is 0 Å². The molecule has 24 heavy (non-hydrogen) atoms. The number of benzene rings is 1. The van der Waals surface area contributed by atoms with Gasteiger partial charge in [0.15, 0.2) is 0 Å². The second kappa shape index (κ2) is 9.01. The van der Waals surface area contributed by atoms with Gasteiger partial charge in [0.25, 0.3) is 5.91 Å². The summed E-state index contributed by atoms with van der Waals surface area (Å²) in [4.78, 5) is 17.2. The van der Waals surface area contributed by atoms with E-state index < -0.39 is 0 Å².